The summed E-state index contributed by atoms with van der Waals surface area (Å²) in [5.41, 5.74) is 6.69. The molecular formula is C13H20N2O3S. The van der Waals surface area contributed by atoms with Gasteiger partial charge in [-0.2, -0.15) is 0 Å². The molecule has 19 heavy (non-hydrogen) atoms. The third-order valence-corrected chi connectivity index (χ3v) is 4.46. The molecule has 1 aromatic rings. The first-order valence-corrected chi connectivity index (χ1v) is 7.49. The Labute approximate surface area is 116 Å². The zero-order valence-electron chi connectivity index (χ0n) is 11.4. The van der Waals surface area contributed by atoms with Crippen molar-refractivity contribution in [3.63, 3.8) is 0 Å². The van der Waals surface area contributed by atoms with Crippen LogP contribution in [-0.2, 0) is 15.6 Å². The van der Waals surface area contributed by atoms with E-state index in [2.05, 4.69) is 5.32 Å². The first-order chi connectivity index (χ1) is 8.99. The third-order valence-electron chi connectivity index (χ3n) is 2.65. The Morgan fingerprint density at radius 2 is 2.21 bits per heavy atom. The zero-order valence-corrected chi connectivity index (χ0v) is 12.3. The number of nitrogens with one attached hydrogen (secondary N) is 1. The van der Waals surface area contributed by atoms with Crippen LogP contribution in [0.4, 0.5) is 11.4 Å². The van der Waals surface area contributed by atoms with Crippen molar-refractivity contribution in [3.05, 3.63) is 18.2 Å². The lowest BCUT2D eigenvalue weighted by Gasteiger charge is -2.14. The van der Waals surface area contributed by atoms with Crippen molar-refractivity contribution in [3.8, 4) is 5.75 Å². The van der Waals surface area contributed by atoms with Gasteiger partial charge < -0.3 is 15.8 Å². The fourth-order valence-electron chi connectivity index (χ4n) is 1.55. The van der Waals surface area contributed by atoms with Crippen molar-refractivity contribution in [2.75, 3.05) is 23.9 Å². The van der Waals surface area contributed by atoms with Crippen LogP contribution >= 0.6 is 0 Å². The molecule has 2 atom stereocenters. The Hall–Kier alpha value is -1.56. The van der Waals surface area contributed by atoms with Crippen LogP contribution in [-0.4, -0.2) is 28.2 Å². The summed E-state index contributed by atoms with van der Waals surface area (Å²) in [5.74, 6) is 0.745. The summed E-state index contributed by atoms with van der Waals surface area (Å²) in [6.07, 6.45) is 0.784. The number of rotatable bonds is 6. The van der Waals surface area contributed by atoms with Crippen LogP contribution in [0.15, 0.2) is 18.2 Å². The molecule has 0 aliphatic heterocycles. The van der Waals surface area contributed by atoms with E-state index in [1.54, 1.807) is 25.1 Å². The largest absolute Gasteiger partial charge is 0.495 e. The number of nitrogens with two attached hydrogens (primary N) is 1. The quantitative estimate of drug-likeness (QED) is 0.780. The van der Waals surface area contributed by atoms with Crippen LogP contribution in [0.3, 0.4) is 0 Å². The molecule has 1 amide bonds. The van der Waals surface area contributed by atoms with Gasteiger partial charge in [0.2, 0.25) is 5.91 Å². The summed E-state index contributed by atoms with van der Waals surface area (Å²) in [4.78, 5) is 12.0. The van der Waals surface area contributed by atoms with Crippen molar-refractivity contribution in [2.24, 2.45) is 0 Å². The molecule has 0 aliphatic rings. The molecule has 2 unspecified atom stereocenters. The number of amides is 1. The van der Waals surface area contributed by atoms with Crippen LogP contribution in [0.1, 0.15) is 20.3 Å². The van der Waals surface area contributed by atoms with Crippen molar-refractivity contribution >= 4 is 28.1 Å². The van der Waals surface area contributed by atoms with E-state index in [0.29, 0.717) is 22.9 Å². The van der Waals surface area contributed by atoms with E-state index < -0.39 is 16.0 Å². The minimum absolute atomic E-state index is 0.296. The summed E-state index contributed by atoms with van der Waals surface area (Å²) >= 11 is 0. The number of hydrogen-bond acceptors (Lipinski definition) is 4. The molecule has 0 saturated heterocycles. The van der Waals surface area contributed by atoms with Gasteiger partial charge >= 0.3 is 0 Å². The molecule has 0 bridgehead atoms. The SMILES string of the molecule is CCCS(=O)C(C)C(=O)Nc1cc(N)ccc1OC. The second-order valence-electron chi connectivity index (χ2n) is 4.18. The molecule has 1 aromatic carbocycles. The van der Waals surface area contributed by atoms with Gasteiger partial charge in [-0.15, -0.1) is 0 Å². The number of hydrogen-bond donors (Lipinski definition) is 2. The molecule has 0 radical (unpaired) electrons. The van der Waals surface area contributed by atoms with Crippen LogP contribution in [0.2, 0.25) is 0 Å². The average Bonchev–Trinajstić information content (AvgIpc) is 2.38. The fraction of sp³-hybridized carbons (Fsp3) is 0.462. The first kappa shape index (κ1) is 15.5. The van der Waals surface area contributed by atoms with Gasteiger partial charge in [-0.25, -0.2) is 0 Å². The lowest BCUT2D eigenvalue weighted by molar-refractivity contribution is -0.115. The molecule has 0 saturated carbocycles. The van der Waals surface area contributed by atoms with Gasteiger partial charge in [0.1, 0.15) is 11.0 Å². The van der Waals surface area contributed by atoms with E-state index in [9.17, 15) is 9.00 Å². The summed E-state index contributed by atoms with van der Waals surface area (Å²) in [6, 6.07) is 4.98. The van der Waals surface area contributed by atoms with Crippen molar-refractivity contribution in [1.29, 1.82) is 0 Å². The smallest absolute Gasteiger partial charge is 0.239 e. The maximum Gasteiger partial charge on any atom is 0.239 e. The monoisotopic (exact) mass is 284 g/mol. The Morgan fingerprint density at radius 3 is 2.79 bits per heavy atom. The average molecular weight is 284 g/mol. The highest BCUT2D eigenvalue weighted by atomic mass is 32.2. The highest BCUT2D eigenvalue weighted by molar-refractivity contribution is 7.86. The molecule has 3 N–H and O–H groups in total. The zero-order chi connectivity index (χ0) is 14.4. The standard InChI is InChI=1S/C13H20N2O3S/c1-4-7-19(17)9(2)13(16)15-11-8-10(14)5-6-12(11)18-3/h5-6,8-9H,4,7,14H2,1-3H3,(H,15,16). The molecule has 0 fully saturated rings. The van der Waals surface area contributed by atoms with E-state index in [4.69, 9.17) is 10.5 Å². The lowest BCUT2D eigenvalue weighted by Crippen LogP contribution is -2.30. The molecule has 106 valence electrons. The highest BCUT2D eigenvalue weighted by Gasteiger charge is 2.20. The number of methoxy groups -OCH3 is 1. The Bertz CT molecular complexity index is 477. The lowest BCUT2D eigenvalue weighted by atomic mass is 10.2. The molecule has 0 spiro atoms. The number of carbonyl (C=O) groups excluding carboxylic acids is 1. The second kappa shape index (κ2) is 7.13. The van der Waals surface area contributed by atoms with E-state index in [1.807, 2.05) is 6.92 Å². The number of nitrogen functional groups attached to an aromatic ring is 1. The minimum atomic E-state index is -1.17. The molecular weight excluding hydrogens is 264 g/mol. The van der Waals surface area contributed by atoms with E-state index in [0.717, 1.165) is 6.42 Å². The summed E-state index contributed by atoms with van der Waals surface area (Å²) < 4.78 is 16.9. The predicted molar refractivity (Wildman–Crippen MR) is 78.8 cm³/mol. The number of benzene rings is 1. The molecule has 1 rings (SSSR count). The van der Waals surface area contributed by atoms with Crippen LogP contribution < -0.4 is 15.8 Å². The first-order valence-electron chi connectivity index (χ1n) is 6.11. The number of carbonyl (C=O) groups is 1. The van der Waals surface area contributed by atoms with Gasteiger partial charge in [-0.05, 0) is 31.5 Å². The topological polar surface area (TPSA) is 81.4 Å². The van der Waals surface area contributed by atoms with Gasteiger partial charge in [0.15, 0.2) is 0 Å². The van der Waals surface area contributed by atoms with E-state index >= 15 is 0 Å². The highest BCUT2D eigenvalue weighted by Crippen LogP contribution is 2.26. The third kappa shape index (κ3) is 4.24. The maximum atomic E-state index is 12.0. The Kier molecular flexibility index (Phi) is 5.82. The summed E-state index contributed by atoms with van der Waals surface area (Å²) in [7, 11) is 0.347. The maximum absolute atomic E-state index is 12.0. The predicted octanol–water partition coefficient (Wildman–Crippen LogP) is 1.76. The molecule has 5 nitrogen and oxygen atoms in total. The van der Waals surface area contributed by atoms with E-state index in [-0.39, 0.29) is 5.91 Å². The fourth-order valence-corrected chi connectivity index (χ4v) is 2.61. The Morgan fingerprint density at radius 1 is 1.53 bits per heavy atom. The number of anilines is 2. The second-order valence-corrected chi connectivity index (χ2v) is 6.05. The van der Waals surface area contributed by atoms with Crippen molar-refractivity contribution < 1.29 is 13.7 Å². The van der Waals surface area contributed by atoms with Gasteiger partial charge in [0.05, 0.1) is 12.8 Å². The normalized spacial score (nSPS) is 13.6. The van der Waals surface area contributed by atoms with E-state index in [1.165, 1.54) is 7.11 Å². The molecule has 0 aromatic heterocycles. The minimum Gasteiger partial charge on any atom is -0.495 e. The summed E-state index contributed by atoms with van der Waals surface area (Å²) in [5, 5.41) is 2.14. The van der Waals surface area contributed by atoms with Gasteiger partial charge in [-0.3, -0.25) is 9.00 Å². The molecule has 6 heteroatoms. The molecule has 0 aliphatic carbocycles. The van der Waals surface area contributed by atoms with Crippen molar-refractivity contribution in [2.45, 2.75) is 25.5 Å². The number of ether oxygens (including phenoxy) is 1. The Balaban J connectivity index is 2.81. The van der Waals surface area contributed by atoms with Gasteiger partial charge in [-0.1, -0.05) is 6.92 Å². The van der Waals surface area contributed by atoms with Crippen LogP contribution in [0, 0.1) is 0 Å². The van der Waals surface area contributed by atoms with Gasteiger partial charge in [0.25, 0.3) is 0 Å². The molecule has 0 heterocycles. The summed E-state index contributed by atoms with van der Waals surface area (Å²) in [6.45, 7) is 3.59. The van der Waals surface area contributed by atoms with Crippen LogP contribution in [0.25, 0.3) is 0 Å². The van der Waals surface area contributed by atoms with Gasteiger partial charge in [0, 0.05) is 22.2 Å². The van der Waals surface area contributed by atoms with Crippen LogP contribution in [0.5, 0.6) is 5.75 Å². The van der Waals surface area contributed by atoms with Crippen molar-refractivity contribution in [1.82, 2.24) is 0 Å².